The number of halogens is 3. The van der Waals surface area contributed by atoms with Crippen LogP contribution in [0.15, 0.2) is 129 Å². The number of fused-ring (bicyclic) bond motifs is 2. The maximum absolute atomic E-state index is 12.6. The van der Waals surface area contributed by atoms with Gasteiger partial charge in [-0.05, 0) is 133 Å². The van der Waals surface area contributed by atoms with Crippen molar-refractivity contribution in [2.75, 3.05) is 64.1 Å². The van der Waals surface area contributed by atoms with Crippen molar-refractivity contribution in [3.8, 4) is 11.1 Å². The summed E-state index contributed by atoms with van der Waals surface area (Å²) in [7, 11) is -0.520. The zero-order valence-corrected chi connectivity index (χ0v) is 49.4. The number of ether oxygens (including phenoxy) is 2. The zero-order chi connectivity index (χ0) is 59.5. The van der Waals surface area contributed by atoms with Gasteiger partial charge < -0.3 is 59.5 Å². The van der Waals surface area contributed by atoms with E-state index in [-0.39, 0.29) is 48.4 Å². The van der Waals surface area contributed by atoms with Crippen LogP contribution in [-0.2, 0) is 41.5 Å². The molecule has 11 rings (SSSR count). The molecule has 4 amide bonds. The van der Waals surface area contributed by atoms with Gasteiger partial charge in [0.2, 0.25) is 23.5 Å². The molecule has 6 N–H and O–H groups in total. The Morgan fingerprint density at radius 3 is 1.60 bits per heavy atom. The van der Waals surface area contributed by atoms with Crippen molar-refractivity contribution >= 4 is 121 Å². The molecule has 3 aromatic carbocycles. The van der Waals surface area contributed by atoms with Gasteiger partial charge >= 0.3 is 7.12 Å². The number of nitrogens with two attached hydrogens (primary N) is 2. The molecule has 21 nitrogen and oxygen atoms in total. The van der Waals surface area contributed by atoms with Gasteiger partial charge in [0.05, 0.1) is 65.2 Å². The zero-order valence-electron chi connectivity index (χ0n) is 46.3. The quantitative estimate of drug-likeness (QED) is 0.0508. The van der Waals surface area contributed by atoms with Crippen molar-refractivity contribution in [1.29, 1.82) is 0 Å². The Labute approximate surface area is 502 Å². The highest BCUT2D eigenvalue weighted by atomic mass is 79.9. The van der Waals surface area contributed by atoms with Crippen molar-refractivity contribution in [3.63, 3.8) is 0 Å². The van der Waals surface area contributed by atoms with Gasteiger partial charge in [-0.1, -0.05) is 41.4 Å². The number of nitrogens with one attached hydrogen (secondary N) is 2. The fourth-order valence-corrected chi connectivity index (χ4v) is 9.31. The molecule has 0 unspecified atom stereocenters. The number of carbonyl (C=O) groups excluding carboxylic acids is 4. The molecule has 5 aromatic heterocycles. The standard InChI is InChI=1S/C27H24ClN5O4.C23H25BClN3O4.C9H10BrN3O2/c28-23-13-18(20-14-31-26(32-15-20)27(35)33-7-9-36-10-8-33)11-19-12-22(37-25(19)23)16-30-24(34)6-3-17-1-4-21(29)5-2-17;1-22(2)23(3,4)32-24(31-22)16-9-15-10-17(30-21(15)18(25)11-16)13-28-20(29)8-6-14-5-7-19(26)27-12-14;10-7-5-11-8(12-6-7)9(14)13-1-3-15-4-2-13/h1-6,11-15H,7-10,16,29H2,(H,30,34);5-12H,13H2,1-4H3,(H2,26,27)(H,28,29);5-6H,1-4H2/b6-3+;8-6+;. The highest BCUT2D eigenvalue weighted by Gasteiger charge is 2.52. The van der Waals surface area contributed by atoms with E-state index in [0.29, 0.717) is 102 Å². The van der Waals surface area contributed by atoms with E-state index < -0.39 is 18.3 Å². The largest absolute Gasteiger partial charge is 0.494 e. The summed E-state index contributed by atoms with van der Waals surface area (Å²) in [5.41, 5.74) is 16.0. The molecule has 3 aliphatic heterocycles. The van der Waals surface area contributed by atoms with E-state index in [0.717, 1.165) is 37.4 Å². The summed E-state index contributed by atoms with van der Waals surface area (Å²) in [6.07, 6.45) is 14.2. The normalized spacial score (nSPS) is 15.6. The molecule has 0 radical (unpaired) electrons. The first-order chi connectivity index (χ1) is 40.3. The number of anilines is 2. The summed E-state index contributed by atoms with van der Waals surface area (Å²) < 4.78 is 35.2. The lowest BCUT2D eigenvalue weighted by Crippen LogP contribution is -2.41. The van der Waals surface area contributed by atoms with Gasteiger partial charge in [-0.2, -0.15) is 0 Å². The Hall–Kier alpha value is -8.03. The highest BCUT2D eigenvalue weighted by molar-refractivity contribution is 9.10. The van der Waals surface area contributed by atoms with Crippen LogP contribution in [0.3, 0.4) is 0 Å². The second-order valence-electron chi connectivity index (χ2n) is 20.4. The number of hydrogen-bond donors (Lipinski definition) is 4. The second-order valence-corrected chi connectivity index (χ2v) is 22.2. The maximum Gasteiger partial charge on any atom is 0.494 e. The molecule has 0 saturated carbocycles. The Kier molecular flexibility index (Phi) is 19.6. The monoisotopic (exact) mass is 1240 g/mol. The number of carbonyl (C=O) groups is 4. The molecule has 0 atom stereocenters. The van der Waals surface area contributed by atoms with Gasteiger partial charge in [-0.15, -0.1) is 0 Å². The van der Waals surface area contributed by atoms with Crippen LogP contribution >= 0.6 is 39.1 Å². The van der Waals surface area contributed by atoms with E-state index in [4.69, 9.17) is 62.3 Å². The molecule has 434 valence electrons. The predicted octanol–water partition coefficient (Wildman–Crippen LogP) is 8.33. The molecule has 0 bridgehead atoms. The van der Waals surface area contributed by atoms with E-state index in [9.17, 15) is 19.2 Å². The van der Waals surface area contributed by atoms with Crippen LogP contribution in [0.5, 0.6) is 0 Å². The Bertz CT molecular complexity index is 3690. The molecule has 3 aliphatic rings. The lowest BCUT2D eigenvalue weighted by molar-refractivity contribution is -0.117. The highest BCUT2D eigenvalue weighted by Crippen LogP contribution is 2.38. The SMILES string of the molecule is CC1(C)OB(c2cc(Cl)c3oc(CNC(=O)/C=C/c4ccc(N)nc4)cc3c2)OC1(C)C.Nc1ccc(/C=C/C(=O)NCc2cc3cc(-c4cnc(C(=O)N5CCOCC5)nc4)cc(Cl)c3o2)cc1.O=C(c1ncc(Br)cn1)N1CCOCC1. The van der Waals surface area contributed by atoms with E-state index in [2.05, 4.69) is 51.5 Å². The summed E-state index contributed by atoms with van der Waals surface area (Å²) in [5, 5.41) is 8.06. The number of morpholine rings is 2. The van der Waals surface area contributed by atoms with E-state index in [1.807, 2.05) is 64.1 Å². The number of furan rings is 2. The fourth-order valence-electron chi connectivity index (χ4n) is 8.56. The third-order valence-electron chi connectivity index (χ3n) is 13.9. The first-order valence-electron chi connectivity index (χ1n) is 26.6. The van der Waals surface area contributed by atoms with Crippen molar-refractivity contribution in [1.82, 2.24) is 45.4 Å². The predicted molar refractivity (Wildman–Crippen MR) is 324 cm³/mol. The summed E-state index contributed by atoms with van der Waals surface area (Å²) in [5.74, 6) is 1.09. The van der Waals surface area contributed by atoms with Crippen LogP contribution in [-0.4, -0.2) is 129 Å². The van der Waals surface area contributed by atoms with Gasteiger partial charge in [0, 0.05) is 91.3 Å². The summed E-state index contributed by atoms with van der Waals surface area (Å²) >= 11 is 16.2. The molecule has 0 aliphatic carbocycles. The number of nitrogen functional groups attached to an aromatic ring is 2. The minimum Gasteiger partial charge on any atom is -0.458 e. The molecular formula is C59H59BBrCl2N11O10. The number of nitrogens with zero attached hydrogens (tertiary/aromatic N) is 7. The number of hydrogen-bond acceptors (Lipinski definition) is 17. The first kappa shape index (κ1) is 60.6. The Morgan fingerprint density at radius 2 is 1.08 bits per heavy atom. The number of benzene rings is 3. The number of rotatable bonds is 12. The van der Waals surface area contributed by atoms with Gasteiger partial charge in [0.25, 0.3) is 11.8 Å². The molecule has 8 heterocycles. The lowest BCUT2D eigenvalue weighted by atomic mass is 9.78. The molecule has 25 heteroatoms. The maximum atomic E-state index is 12.6. The van der Waals surface area contributed by atoms with Gasteiger partial charge in [-0.25, -0.2) is 24.9 Å². The van der Waals surface area contributed by atoms with Crippen LogP contribution in [0, 0.1) is 0 Å². The number of aromatic nitrogens is 5. The third kappa shape index (κ3) is 15.6. The molecule has 8 aromatic rings. The first-order valence-corrected chi connectivity index (χ1v) is 28.1. The Balaban J connectivity index is 0.000000164. The van der Waals surface area contributed by atoms with Crippen molar-refractivity contribution in [2.45, 2.75) is 52.0 Å². The van der Waals surface area contributed by atoms with Crippen molar-refractivity contribution in [3.05, 3.63) is 165 Å². The summed E-state index contributed by atoms with van der Waals surface area (Å²) in [6, 6.07) is 21.7. The van der Waals surface area contributed by atoms with Crippen LogP contribution in [0.4, 0.5) is 11.5 Å². The minimum absolute atomic E-state index is 0.134. The van der Waals surface area contributed by atoms with Crippen LogP contribution in [0.1, 0.15) is 71.6 Å². The summed E-state index contributed by atoms with van der Waals surface area (Å²) in [4.78, 5) is 72.6. The van der Waals surface area contributed by atoms with E-state index in [1.165, 1.54) is 12.2 Å². The van der Waals surface area contributed by atoms with Crippen LogP contribution in [0.2, 0.25) is 10.0 Å². The minimum atomic E-state index is -0.520. The molecule has 84 heavy (non-hydrogen) atoms. The molecule has 3 fully saturated rings. The van der Waals surface area contributed by atoms with Crippen molar-refractivity contribution < 1.29 is 46.8 Å². The third-order valence-corrected chi connectivity index (χ3v) is 14.8. The number of pyridine rings is 1. The van der Waals surface area contributed by atoms with Gasteiger partial charge in [0.1, 0.15) is 17.3 Å². The average Bonchev–Trinajstić information content (AvgIpc) is 3.32. The topological polar surface area (TPSA) is 279 Å². The Morgan fingerprint density at radius 1 is 0.607 bits per heavy atom. The van der Waals surface area contributed by atoms with Crippen LogP contribution < -0.4 is 27.6 Å². The fraction of sp³-hybridized carbons (Fsp3) is 0.271. The van der Waals surface area contributed by atoms with Gasteiger partial charge in [0.15, 0.2) is 11.2 Å². The van der Waals surface area contributed by atoms with E-state index in [1.54, 1.807) is 89.3 Å². The smallest absolute Gasteiger partial charge is 0.458 e. The molecule has 3 saturated heterocycles. The second kappa shape index (κ2) is 27.1. The molecular weight excluding hydrogens is 1180 g/mol. The number of amides is 4. The summed E-state index contributed by atoms with van der Waals surface area (Å²) in [6.45, 7) is 12.9. The average molecular weight is 1240 g/mol. The van der Waals surface area contributed by atoms with Gasteiger partial charge in [-0.3, -0.25) is 19.2 Å². The lowest BCUT2D eigenvalue weighted by Gasteiger charge is -2.32. The van der Waals surface area contributed by atoms with Crippen molar-refractivity contribution in [2.24, 2.45) is 0 Å². The molecule has 0 spiro atoms. The van der Waals surface area contributed by atoms with Crippen LogP contribution in [0.25, 0.3) is 45.2 Å². The van der Waals surface area contributed by atoms with E-state index >= 15 is 0 Å².